The van der Waals surface area contributed by atoms with Crippen LogP contribution in [0.2, 0.25) is 0 Å². The Labute approximate surface area is 128 Å². The van der Waals surface area contributed by atoms with Gasteiger partial charge in [-0.2, -0.15) is 0 Å². The highest BCUT2D eigenvalue weighted by Crippen LogP contribution is 2.15. The van der Waals surface area contributed by atoms with Gasteiger partial charge in [0, 0.05) is 26.0 Å². The number of amides is 1. The first-order chi connectivity index (χ1) is 10.7. The maximum absolute atomic E-state index is 12.5. The van der Waals surface area contributed by atoms with Gasteiger partial charge in [0.05, 0.1) is 7.11 Å². The van der Waals surface area contributed by atoms with E-state index in [1.165, 1.54) is 0 Å². The summed E-state index contributed by atoms with van der Waals surface area (Å²) in [6.45, 7) is 0.504. The number of hydrogen-bond acceptors (Lipinski definition) is 3. The number of rotatable bonds is 4. The molecule has 5 nitrogen and oxygen atoms in total. The van der Waals surface area contributed by atoms with E-state index in [4.69, 9.17) is 4.74 Å². The highest BCUT2D eigenvalue weighted by atomic mass is 16.5. The molecule has 0 fully saturated rings. The Bertz CT molecular complexity index is 777. The van der Waals surface area contributed by atoms with Crippen LogP contribution >= 0.6 is 0 Å². The van der Waals surface area contributed by atoms with Crippen molar-refractivity contribution in [3.8, 4) is 5.75 Å². The number of methoxy groups -OCH3 is 1. The lowest BCUT2D eigenvalue weighted by atomic mass is 10.2. The number of carbonyl (C=O) groups excluding carboxylic acids is 1. The zero-order valence-corrected chi connectivity index (χ0v) is 12.6. The summed E-state index contributed by atoms with van der Waals surface area (Å²) >= 11 is 0. The molecule has 3 rings (SSSR count). The summed E-state index contributed by atoms with van der Waals surface area (Å²) in [6, 6.07) is 13.4. The molecule has 2 aromatic heterocycles. The average Bonchev–Trinajstić information content (AvgIpc) is 2.98. The van der Waals surface area contributed by atoms with Gasteiger partial charge in [-0.3, -0.25) is 4.79 Å². The van der Waals surface area contributed by atoms with Gasteiger partial charge in [0.15, 0.2) is 0 Å². The largest absolute Gasteiger partial charge is 0.497 e. The fraction of sp³-hybridized carbons (Fsp3) is 0.176. The van der Waals surface area contributed by atoms with Crippen LogP contribution in [0.25, 0.3) is 5.65 Å². The van der Waals surface area contributed by atoms with Gasteiger partial charge in [0.1, 0.15) is 17.1 Å². The van der Waals surface area contributed by atoms with Crippen LogP contribution in [0.5, 0.6) is 5.75 Å². The predicted molar refractivity (Wildman–Crippen MR) is 84.0 cm³/mol. The molecule has 0 spiro atoms. The summed E-state index contributed by atoms with van der Waals surface area (Å²) in [5.74, 6) is 0.678. The van der Waals surface area contributed by atoms with Crippen LogP contribution in [-0.4, -0.2) is 34.3 Å². The van der Waals surface area contributed by atoms with Gasteiger partial charge in [0.2, 0.25) is 0 Å². The summed E-state index contributed by atoms with van der Waals surface area (Å²) in [5.41, 5.74) is 2.22. The molecule has 1 aromatic carbocycles. The predicted octanol–water partition coefficient (Wildman–Crippen LogP) is 2.62. The molecule has 22 heavy (non-hydrogen) atoms. The average molecular weight is 295 g/mol. The first kappa shape index (κ1) is 14.1. The number of fused-ring (bicyclic) bond motifs is 1. The molecule has 0 saturated carbocycles. The van der Waals surface area contributed by atoms with E-state index in [-0.39, 0.29) is 5.91 Å². The number of ether oxygens (including phenoxy) is 1. The number of benzene rings is 1. The van der Waals surface area contributed by atoms with Crippen LogP contribution in [0, 0.1) is 0 Å². The smallest absolute Gasteiger partial charge is 0.274 e. The number of aromatic nitrogens is 2. The van der Waals surface area contributed by atoms with E-state index in [0.29, 0.717) is 12.2 Å². The number of imidazole rings is 1. The molecule has 1 amide bonds. The lowest BCUT2D eigenvalue weighted by molar-refractivity contribution is 0.0780. The van der Waals surface area contributed by atoms with Crippen molar-refractivity contribution < 1.29 is 9.53 Å². The van der Waals surface area contributed by atoms with Gasteiger partial charge < -0.3 is 14.0 Å². The van der Waals surface area contributed by atoms with Gasteiger partial charge in [-0.15, -0.1) is 0 Å². The van der Waals surface area contributed by atoms with E-state index in [1.54, 1.807) is 25.3 Å². The molecule has 0 radical (unpaired) electrons. The molecule has 2 heterocycles. The Kier molecular flexibility index (Phi) is 3.78. The zero-order chi connectivity index (χ0) is 15.5. The molecule has 0 aliphatic carbocycles. The van der Waals surface area contributed by atoms with Crippen molar-refractivity contribution in [1.29, 1.82) is 0 Å². The lowest BCUT2D eigenvalue weighted by Crippen LogP contribution is -2.26. The molecule has 0 bridgehead atoms. The van der Waals surface area contributed by atoms with Crippen molar-refractivity contribution in [2.24, 2.45) is 0 Å². The number of hydrogen-bond donors (Lipinski definition) is 0. The second-order valence-corrected chi connectivity index (χ2v) is 5.10. The Morgan fingerprint density at radius 3 is 2.91 bits per heavy atom. The van der Waals surface area contributed by atoms with E-state index >= 15 is 0 Å². The summed E-state index contributed by atoms with van der Waals surface area (Å²) in [4.78, 5) is 18.5. The summed E-state index contributed by atoms with van der Waals surface area (Å²) < 4.78 is 7.04. The number of pyridine rings is 1. The SMILES string of the molecule is COc1cccc(CN(C)C(=O)c2cn3ccccc3n2)c1. The second kappa shape index (κ2) is 5.89. The van der Waals surface area contributed by atoms with Crippen LogP contribution in [0.3, 0.4) is 0 Å². The molecule has 0 N–H and O–H groups in total. The fourth-order valence-corrected chi connectivity index (χ4v) is 2.35. The van der Waals surface area contributed by atoms with Crippen LogP contribution in [0.1, 0.15) is 16.1 Å². The third-order valence-electron chi connectivity index (χ3n) is 3.48. The monoisotopic (exact) mass is 295 g/mol. The minimum atomic E-state index is -0.105. The third kappa shape index (κ3) is 2.79. The summed E-state index contributed by atoms with van der Waals surface area (Å²) in [6.07, 6.45) is 3.63. The molecule has 5 heteroatoms. The quantitative estimate of drug-likeness (QED) is 0.743. The Hall–Kier alpha value is -2.82. The molecule has 0 unspecified atom stereocenters. The first-order valence-electron chi connectivity index (χ1n) is 6.99. The Morgan fingerprint density at radius 1 is 1.27 bits per heavy atom. The van der Waals surface area contributed by atoms with E-state index in [9.17, 15) is 4.79 Å². The van der Waals surface area contributed by atoms with Crippen molar-refractivity contribution in [3.05, 3.63) is 66.1 Å². The van der Waals surface area contributed by atoms with E-state index < -0.39 is 0 Å². The minimum Gasteiger partial charge on any atom is -0.497 e. The van der Waals surface area contributed by atoms with E-state index in [1.807, 2.05) is 53.1 Å². The maximum Gasteiger partial charge on any atom is 0.274 e. The Morgan fingerprint density at radius 2 is 2.14 bits per heavy atom. The van der Waals surface area contributed by atoms with Crippen molar-refractivity contribution in [2.45, 2.75) is 6.54 Å². The highest BCUT2D eigenvalue weighted by molar-refractivity contribution is 5.92. The normalized spacial score (nSPS) is 10.6. The molecule has 0 aliphatic heterocycles. The van der Waals surface area contributed by atoms with Crippen LogP contribution in [0.4, 0.5) is 0 Å². The van der Waals surface area contributed by atoms with Gasteiger partial charge in [0.25, 0.3) is 5.91 Å². The molecule has 112 valence electrons. The molecular weight excluding hydrogens is 278 g/mol. The molecule has 0 atom stereocenters. The highest BCUT2D eigenvalue weighted by Gasteiger charge is 2.15. The number of nitrogens with zero attached hydrogens (tertiary/aromatic N) is 3. The van der Waals surface area contributed by atoms with Crippen molar-refractivity contribution in [2.75, 3.05) is 14.2 Å². The molecule has 0 aliphatic rings. The van der Waals surface area contributed by atoms with Gasteiger partial charge in [-0.1, -0.05) is 18.2 Å². The van der Waals surface area contributed by atoms with Crippen LogP contribution in [-0.2, 0) is 6.54 Å². The van der Waals surface area contributed by atoms with E-state index in [0.717, 1.165) is 17.0 Å². The standard InChI is InChI=1S/C17H17N3O2/c1-19(11-13-6-5-7-14(10-13)22-2)17(21)15-12-20-9-4-3-8-16(20)18-15/h3-10,12H,11H2,1-2H3. The van der Waals surface area contributed by atoms with Crippen molar-refractivity contribution in [3.63, 3.8) is 0 Å². The Balaban J connectivity index is 1.78. The third-order valence-corrected chi connectivity index (χ3v) is 3.48. The lowest BCUT2D eigenvalue weighted by Gasteiger charge is -2.16. The fourth-order valence-electron chi connectivity index (χ4n) is 2.35. The first-order valence-corrected chi connectivity index (χ1v) is 6.99. The summed E-state index contributed by atoms with van der Waals surface area (Å²) in [7, 11) is 3.40. The van der Waals surface area contributed by atoms with Gasteiger partial charge in [-0.25, -0.2) is 4.98 Å². The van der Waals surface area contributed by atoms with Gasteiger partial charge in [-0.05, 0) is 29.8 Å². The molecule has 3 aromatic rings. The topological polar surface area (TPSA) is 46.8 Å². The van der Waals surface area contributed by atoms with Crippen molar-refractivity contribution in [1.82, 2.24) is 14.3 Å². The zero-order valence-electron chi connectivity index (χ0n) is 12.6. The van der Waals surface area contributed by atoms with Gasteiger partial charge >= 0.3 is 0 Å². The number of carbonyl (C=O) groups is 1. The maximum atomic E-state index is 12.5. The van der Waals surface area contributed by atoms with E-state index in [2.05, 4.69) is 4.98 Å². The second-order valence-electron chi connectivity index (χ2n) is 5.10. The van der Waals surface area contributed by atoms with Crippen LogP contribution < -0.4 is 4.74 Å². The van der Waals surface area contributed by atoms with Crippen molar-refractivity contribution >= 4 is 11.6 Å². The molecule has 0 saturated heterocycles. The van der Waals surface area contributed by atoms with Crippen LogP contribution in [0.15, 0.2) is 54.9 Å². The molecular formula is C17H17N3O2. The minimum absolute atomic E-state index is 0.105. The summed E-state index contributed by atoms with van der Waals surface area (Å²) in [5, 5.41) is 0.